The van der Waals surface area contributed by atoms with E-state index in [1.54, 1.807) is 6.92 Å². The maximum Gasteiger partial charge on any atom is 0.240 e. The summed E-state index contributed by atoms with van der Waals surface area (Å²) in [4.78, 5) is 0.0637. The van der Waals surface area contributed by atoms with Crippen molar-refractivity contribution in [3.05, 3.63) is 23.8 Å². The van der Waals surface area contributed by atoms with E-state index in [1.165, 1.54) is 25.2 Å². The lowest BCUT2D eigenvalue weighted by molar-refractivity contribution is 0.392. The first-order valence-corrected chi connectivity index (χ1v) is 10.3. The molecule has 1 rings (SSSR count). The molecule has 0 aromatic heterocycles. The summed E-state index contributed by atoms with van der Waals surface area (Å²) in [5.41, 5.74) is 5.85. The fourth-order valence-corrected chi connectivity index (χ4v) is 4.20. The predicted molar refractivity (Wildman–Crippen MR) is 90.1 cm³/mol. The summed E-state index contributed by atoms with van der Waals surface area (Å²) in [6.07, 6.45) is 1.29. The third kappa shape index (κ3) is 4.74. The summed E-state index contributed by atoms with van der Waals surface area (Å²) in [5, 5.41) is 0. The van der Waals surface area contributed by atoms with Gasteiger partial charge in [-0.2, -0.15) is 0 Å². The van der Waals surface area contributed by atoms with E-state index >= 15 is 0 Å². The lowest BCUT2D eigenvalue weighted by Gasteiger charge is -2.26. The zero-order chi connectivity index (χ0) is 17.9. The molecule has 0 aliphatic heterocycles. The van der Waals surface area contributed by atoms with Crippen molar-refractivity contribution in [1.29, 1.82) is 0 Å². The van der Waals surface area contributed by atoms with Crippen LogP contribution in [0, 0.1) is 6.92 Å². The molecular formula is C14H25N3O4S2. The molecule has 0 bridgehead atoms. The van der Waals surface area contributed by atoms with E-state index in [9.17, 15) is 16.8 Å². The molecule has 0 fully saturated rings. The van der Waals surface area contributed by atoms with Gasteiger partial charge >= 0.3 is 0 Å². The summed E-state index contributed by atoms with van der Waals surface area (Å²) < 4.78 is 53.1. The first-order chi connectivity index (χ1) is 10.5. The highest BCUT2D eigenvalue weighted by Gasteiger charge is 2.25. The van der Waals surface area contributed by atoms with Crippen LogP contribution in [-0.2, 0) is 20.0 Å². The number of sulfonamides is 2. The van der Waals surface area contributed by atoms with Gasteiger partial charge in [0.25, 0.3) is 0 Å². The molecule has 23 heavy (non-hydrogen) atoms. The van der Waals surface area contributed by atoms with Gasteiger partial charge in [-0.25, -0.2) is 26.3 Å². The molecule has 7 nitrogen and oxygen atoms in total. The molecule has 0 aliphatic carbocycles. The van der Waals surface area contributed by atoms with Crippen LogP contribution in [0.15, 0.2) is 28.0 Å². The van der Waals surface area contributed by atoms with Crippen molar-refractivity contribution in [3.63, 3.8) is 0 Å². The molecule has 9 heteroatoms. The molecule has 0 amide bonds. The molecule has 1 aromatic carbocycles. The summed E-state index contributed by atoms with van der Waals surface area (Å²) in [6, 6.07) is 3.89. The van der Waals surface area contributed by atoms with Crippen LogP contribution in [0.3, 0.4) is 0 Å². The number of aryl methyl sites for hydroxylation is 1. The standard InChI is InChI=1S/C14H25N3O4S2/c1-5-14(15,6-2)10-17-22(18,19)12-7-8-13(11(3)9-12)23(20,21)16-4/h7-9,16-17H,5-6,10,15H2,1-4H3. The number of nitrogens with two attached hydrogens (primary N) is 1. The van der Waals surface area contributed by atoms with Gasteiger partial charge in [-0.1, -0.05) is 13.8 Å². The van der Waals surface area contributed by atoms with E-state index in [4.69, 9.17) is 5.73 Å². The third-order valence-electron chi connectivity index (χ3n) is 4.04. The molecule has 0 saturated heterocycles. The fourth-order valence-electron chi connectivity index (χ4n) is 2.02. The lowest BCUT2D eigenvalue weighted by atomic mass is 9.95. The van der Waals surface area contributed by atoms with Crippen LogP contribution in [0.1, 0.15) is 32.3 Å². The van der Waals surface area contributed by atoms with Crippen LogP contribution < -0.4 is 15.2 Å². The van der Waals surface area contributed by atoms with E-state index in [0.29, 0.717) is 18.4 Å². The molecule has 1 aromatic rings. The van der Waals surface area contributed by atoms with Gasteiger partial charge in [0.2, 0.25) is 20.0 Å². The van der Waals surface area contributed by atoms with Gasteiger partial charge < -0.3 is 5.73 Å². The van der Waals surface area contributed by atoms with E-state index in [0.717, 1.165) is 0 Å². The Morgan fingerprint density at radius 2 is 1.65 bits per heavy atom. The van der Waals surface area contributed by atoms with E-state index in [2.05, 4.69) is 9.44 Å². The van der Waals surface area contributed by atoms with Crippen molar-refractivity contribution in [2.75, 3.05) is 13.6 Å². The van der Waals surface area contributed by atoms with Crippen LogP contribution in [0.4, 0.5) is 0 Å². The molecule has 0 saturated carbocycles. The topological polar surface area (TPSA) is 118 Å². The normalized spacial score (nSPS) is 13.3. The average molecular weight is 364 g/mol. The Kier molecular flexibility index (Phi) is 6.33. The number of hydrogen-bond donors (Lipinski definition) is 3. The predicted octanol–water partition coefficient (Wildman–Crippen LogP) is 0.699. The van der Waals surface area contributed by atoms with Crippen LogP contribution in [0.25, 0.3) is 0 Å². The molecule has 132 valence electrons. The van der Waals surface area contributed by atoms with Crippen LogP contribution in [-0.4, -0.2) is 36.0 Å². The Bertz CT molecular complexity index is 754. The van der Waals surface area contributed by atoms with Gasteiger partial charge in [0.1, 0.15) is 0 Å². The van der Waals surface area contributed by atoms with Crippen molar-refractivity contribution < 1.29 is 16.8 Å². The number of hydrogen-bond acceptors (Lipinski definition) is 5. The Labute approximate surface area is 138 Å². The van der Waals surface area contributed by atoms with Gasteiger partial charge in [0.15, 0.2) is 0 Å². The van der Waals surface area contributed by atoms with Crippen LogP contribution >= 0.6 is 0 Å². The molecule has 0 aliphatic rings. The third-order valence-corrected chi connectivity index (χ3v) is 7.01. The Balaban J connectivity index is 3.10. The molecule has 0 radical (unpaired) electrons. The minimum absolute atomic E-state index is 0.0135. The molecule has 4 N–H and O–H groups in total. The maximum absolute atomic E-state index is 12.4. The second-order valence-corrected chi connectivity index (χ2v) is 9.15. The van der Waals surface area contributed by atoms with Gasteiger partial charge in [0.05, 0.1) is 9.79 Å². The monoisotopic (exact) mass is 363 g/mol. The van der Waals surface area contributed by atoms with Crippen LogP contribution in [0.2, 0.25) is 0 Å². The van der Waals surface area contributed by atoms with Gasteiger partial charge in [-0.05, 0) is 50.6 Å². The second-order valence-electron chi connectivity index (χ2n) is 5.53. The maximum atomic E-state index is 12.4. The highest BCUT2D eigenvalue weighted by molar-refractivity contribution is 7.90. The van der Waals surface area contributed by atoms with E-state index in [-0.39, 0.29) is 16.3 Å². The summed E-state index contributed by atoms with van der Waals surface area (Å²) in [6.45, 7) is 5.48. The minimum atomic E-state index is -3.75. The second kappa shape index (κ2) is 7.27. The highest BCUT2D eigenvalue weighted by Crippen LogP contribution is 2.20. The SMILES string of the molecule is CCC(N)(CC)CNS(=O)(=O)c1ccc(S(=O)(=O)NC)c(C)c1. The van der Waals surface area contributed by atoms with Gasteiger partial charge in [-0.15, -0.1) is 0 Å². The zero-order valence-electron chi connectivity index (χ0n) is 13.9. The molecule has 0 heterocycles. The molecular weight excluding hydrogens is 338 g/mol. The van der Waals surface area contributed by atoms with Crippen molar-refractivity contribution in [2.24, 2.45) is 5.73 Å². The smallest absolute Gasteiger partial charge is 0.240 e. The lowest BCUT2D eigenvalue weighted by Crippen LogP contribution is -2.49. The largest absolute Gasteiger partial charge is 0.324 e. The fraction of sp³-hybridized carbons (Fsp3) is 0.571. The van der Waals surface area contributed by atoms with E-state index < -0.39 is 25.6 Å². The summed E-state index contributed by atoms with van der Waals surface area (Å²) >= 11 is 0. The minimum Gasteiger partial charge on any atom is -0.324 e. The summed E-state index contributed by atoms with van der Waals surface area (Å²) in [5.74, 6) is 0. The zero-order valence-corrected chi connectivity index (χ0v) is 15.5. The van der Waals surface area contributed by atoms with E-state index in [1.807, 2.05) is 13.8 Å². The highest BCUT2D eigenvalue weighted by atomic mass is 32.2. The number of rotatable bonds is 8. The molecule has 0 spiro atoms. The van der Waals surface area contributed by atoms with Gasteiger partial charge in [-0.3, -0.25) is 0 Å². The summed E-state index contributed by atoms with van der Waals surface area (Å²) in [7, 11) is -6.07. The van der Waals surface area contributed by atoms with Crippen molar-refractivity contribution >= 4 is 20.0 Å². The first-order valence-electron chi connectivity index (χ1n) is 7.34. The number of nitrogens with one attached hydrogen (secondary N) is 2. The van der Waals surface area contributed by atoms with Crippen molar-refractivity contribution in [2.45, 2.75) is 48.9 Å². The molecule has 0 unspecified atom stereocenters. The number of benzene rings is 1. The Morgan fingerprint density at radius 1 is 1.09 bits per heavy atom. The van der Waals surface area contributed by atoms with Crippen molar-refractivity contribution in [1.82, 2.24) is 9.44 Å². The average Bonchev–Trinajstić information content (AvgIpc) is 2.52. The Morgan fingerprint density at radius 3 is 2.09 bits per heavy atom. The first kappa shape index (κ1) is 20.0. The van der Waals surface area contributed by atoms with Crippen molar-refractivity contribution in [3.8, 4) is 0 Å². The molecule has 0 atom stereocenters. The quantitative estimate of drug-likeness (QED) is 0.628. The van der Waals surface area contributed by atoms with Gasteiger partial charge in [0, 0.05) is 12.1 Å². The Hall–Kier alpha value is -1.00. The van der Waals surface area contributed by atoms with Crippen LogP contribution in [0.5, 0.6) is 0 Å².